The molecular formula is C16H21Cl2N3O4. The molecule has 0 N–H and O–H groups in total. The van der Waals surface area contributed by atoms with E-state index >= 15 is 0 Å². The van der Waals surface area contributed by atoms with Gasteiger partial charge in [-0.15, -0.1) is 0 Å². The number of carbonyl (C=O) groups excluding carboxylic acids is 2. The maximum absolute atomic E-state index is 12.2. The summed E-state index contributed by atoms with van der Waals surface area (Å²) in [5, 5.41) is 0.0253. The number of hydrogen-bond acceptors (Lipinski definition) is 7. The normalized spacial score (nSPS) is 15.7. The third kappa shape index (κ3) is 5.19. The molecule has 0 saturated heterocycles. The molecule has 1 saturated carbocycles. The topological polar surface area (TPSA) is 81.6 Å². The van der Waals surface area contributed by atoms with E-state index in [2.05, 4.69) is 9.97 Å². The van der Waals surface area contributed by atoms with Crippen LogP contribution in [0.15, 0.2) is 6.20 Å². The summed E-state index contributed by atoms with van der Waals surface area (Å²) in [6.45, 7) is 3.23. The van der Waals surface area contributed by atoms with E-state index in [4.69, 9.17) is 32.7 Å². The van der Waals surface area contributed by atoms with E-state index in [-0.39, 0.29) is 24.5 Å². The fourth-order valence-electron chi connectivity index (χ4n) is 2.85. The van der Waals surface area contributed by atoms with Gasteiger partial charge < -0.3 is 14.4 Å². The zero-order valence-electron chi connectivity index (χ0n) is 14.2. The van der Waals surface area contributed by atoms with Gasteiger partial charge in [-0.1, -0.05) is 24.4 Å². The van der Waals surface area contributed by atoms with Gasteiger partial charge in [0, 0.05) is 19.2 Å². The minimum absolute atomic E-state index is 0.0222. The summed E-state index contributed by atoms with van der Waals surface area (Å²) in [5.41, 5.74) is -0.522. The van der Waals surface area contributed by atoms with E-state index in [1.165, 1.54) is 13.1 Å². The number of nitrogens with zero attached hydrogens (tertiary/aromatic N) is 3. The third-order valence-corrected chi connectivity index (χ3v) is 4.50. The van der Waals surface area contributed by atoms with E-state index in [9.17, 15) is 9.59 Å². The molecule has 0 spiro atoms. The molecule has 1 unspecified atom stereocenters. The number of ether oxygens (including phenoxy) is 2. The van der Waals surface area contributed by atoms with Gasteiger partial charge in [-0.3, -0.25) is 4.79 Å². The monoisotopic (exact) mass is 389 g/mol. The van der Waals surface area contributed by atoms with E-state index in [1.807, 2.05) is 0 Å². The molecule has 1 heterocycles. The van der Waals surface area contributed by atoms with Crippen molar-refractivity contribution in [1.29, 1.82) is 0 Å². The minimum atomic E-state index is -1.05. The quantitative estimate of drug-likeness (QED) is 0.306. The van der Waals surface area contributed by atoms with Gasteiger partial charge in [0.05, 0.1) is 12.2 Å². The fourth-order valence-corrected chi connectivity index (χ4v) is 3.30. The Morgan fingerprint density at radius 2 is 2.04 bits per heavy atom. The van der Waals surface area contributed by atoms with Crippen LogP contribution >= 0.6 is 23.2 Å². The predicted molar refractivity (Wildman–Crippen MR) is 93.5 cm³/mol. The Morgan fingerprint density at radius 1 is 1.36 bits per heavy atom. The summed E-state index contributed by atoms with van der Waals surface area (Å²) in [5.74, 6) is -0.591. The summed E-state index contributed by atoms with van der Waals surface area (Å²) < 4.78 is 10.1. The average Bonchev–Trinajstić information content (AvgIpc) is 3.08. The Balaban J connectivity index is 2.39. The lowest BCUT2D eigenvalue weighted by atomic mass is 10.2. The van der Waals surface area contributed by atoms with Crippen molar-refractivity contribution in [3.05, 3.63) is 17.0 Å². The lowest BCUT2D eigenvalue weighted by Crippen LogP contribution is -2.45. The van der Waals surface area contributed by atoms with Crippen molar-refractivity contribution in [3.63, 3.8) is 0 Å². The molecule has 2 rings (SSSR count). The zero-order valence-corrected chi connectivity index (χ0v) is 15.7. The molecule has 0 radical (unpaired) electrons. The van der Waals surface area contributed by atoms with Crippen LogP contribution in [0.25, 0.3) is 0 Å². The molecule has 1 atom stereocenters. The summed E-state index contributed by atoms with van der Waals surface area (Å²) >= 11 is 12.4. The number of halogens is 2. The van der Waals surface area contributed by atoms with Gasteiger partial charge in [-0.05, 0) is 31.4 Å². The largest absolute Gasteiger partial charge is 0.464 e. The van der Waals surface area contributed by atoms with Crippen molar-refractivity contribution < 1.29 is 19.1 Å². The standard InChI is InChI=1S/C16H21Cl2N3O4/c1-3-24-15(23)13(17)21(12-6-4-5-7-12)14-11(9-25-10(2)22)8-19-16(18)20-14/h8,12-13H,3-7,9H2,1-2H3. The molecule has 1 aliphatic rings. The molecule has 9 heteroatoms. The highest BCUT2D eigenvalue weighted by molar-refractivity contribution is 6.31. The molecule has 1 aromatic heterocycles. The van der Waals surface area contributed by atoms with Crippen LogP contribution in [0, 0.1) is 0 Å². The van der Waals surface area contributed by atoms with Gasteiger partial charge in [0.1, 0.15) is 12.4 Å². The highest BCUT2D eigenvalue weighted by atomic mass is 35.5. The molecule has 0 amide bonds. The van der Waals surface area contributed by atoms with Crippen LogP contribution in [-0.2, 0) is 25.7 Å². The Kier molecular flexibility index (Phi) is 7.25. The summed E-state index contributed by atoms with van der Waals surface area (Å²) in [7, 11) is 0. The second kappa shape index (κ2) is 9.20. The van der Waals surface area contributed by atoms with Gasteiger partial charge in [0.25, 0.3) is 0 Å². The van der Waals surface area contributed by atoms with Gasteiger partial charge in [0.2, 0.25) is 10.8 Å². The highest BCUT2D eigenvalue weighted by Gasteiger charge is 2.35. The van der Waals surface area contributed by atoms with Crippen molar-refractivity contribution in [2.75, 3.05) is 11.5 Å². The third-order valence-electron chi connectivity index (χ3n) is 3.93. The number of esters is 2. The number of carbonyl (C=O) groups is 2. The predicted octanol–water partition coefficient (Wildman–Crippen LogP) is 3.07. The Labute approximate surface area is 156 Å². The second-order valence-corrected chi connectivity index (χ2v) is 6.45. The first kappa shape index (κ1) is 19.7. The molecule has 1 aromatic rings. The van der Waals surface area contributed by atoms with Crippen molar-refractivity contribution >= 4 is 41.0 Å². The van der Waals surface area contributed by atoms with Crippen LogP contribution in [-0.4, -0.2) is 40.1 Å². The van der Waals surface area contributed by atoms with E-state index in [1.54, 1.807) is 11.8 Å². The first-order chi connectivity index (χ1) is 11.9. The molecule has 7 nitrogen and oxygen atoms in total. The molecule has 0 bridgehead atoms. The Hall–Kier alpha value is -1.60. The van der Waals surface area contributed by atoms with E-state index in [0.29, 0.717) is 11.4 Å². The lowest BCUT2D eigenvalue weighted by Gasteiger charge is -2.34. The number of aromatic nitrogens is 2. The van der Waals surface area contributed by atoms with Crippen LogP contribution < -0.4 is 4.90 Å². The highest BCUT2D eigenvalue weighted by Crippen LogP contribution is 2.33. The zero-order chi connectivity index (χ0) is 18.4. The van der Waals surface area contributed by atoms with E-state index < -0.39 is 17.4 Å². The number of hydrogen-bond donors (Lipinski definition) is 0. The molecule has 1 fully saturated rings. The second-order valence-electron chi connectivity index (χ2n) is 5.70. The smallest absolute Gasteiger partial charge is 0.344 e. The van der Waals surface area contributed by atoms with Gasteiger partial charge in [-0.25, -0.2) is 14.8 Å². The van der Waals surface area contributed by atoms with Crippen LogP contribution in [0.5, 0.6) is 0 Å². The maximum Gasteiger partial charge on any atom is 0.344 e. The minimum Gasteiger partial charge on any atom is -0.464 e. The summed E-state index contributed by atoms with van der Waals surface area (Å²) in [6.07, 6.45) is 5.29. The molecule has 138 valence electrons. The van der Waals surface area contributed by atoms with Crippen LogP contribution in [0.2, 0.25) is 5.28 Å². The lowest BCUT2D eigenvalue weighted by molar-refractivity contribution is -0.143. The summed E-state index contributed by atoms with van der Waals surface area (Å²) in [6, 6.07) is 0.0222. The Morgan fingerprint density at radius 3 is 2.64 bits per heavy atom. The molecule has 25 heavy (non-hydrogen) atoms. The first-order valence-corrected chi connectivity index (χ1v) is 8.99. The van der Waals surface area contributed by atoms with Gasteiger partial charge >= 0.3 is 11.9 Å². The number of anilines is 1. The number of rotatable bonds is 7. The maximum atomic E-state index is 12.2. The molecule has 1 aliphatic carbocycles. The molecular weight excluding hydrogens is 369 g/mol. The number of alkyl halides is 1. The van der Waals surface area contributed by atoms with Gasteiger partial charge in [0.15, 0.2) is 0 Å². The molecule has 0 aliphatic heterocycles. The average molecular weight is 390 g/mol. The van der Waals surface area contributed by atoms with Crippen LogP contribution in [0.4, 0.5) is 5.82 Å². The SMILES string of the molecule is CCOC(=O)C(Cl)N(c1nc(Cl)ncc1COC(C)=O)C1CCCC1. The van der Waals surface area contributed by atoms with Gasteiger partial charge in [-0.2, -0.15) is 0 Å². The molecule has 0 aromatic carbocycles. The van der Waals surface area contributed by atoms with Crippen molar-refractivity contribution in [2.24, 2.45) is 0 Å². The first-order valence-electron chi connectivity index (χ1n) is 8.17. The summed E-state index contributed by atoms with van der Waals surface area (Å²) in [4.78, 5) is 33.3. The van der Waals surface area contributed by atoms with Crippen LogP contribution in [0.3, 0.4) is 0 Å². The fraction of sp³-hybridized carbons (Fsp3) is 0.625. The van der Waals surface area contributed by atoms with Crippen molar-refractivity contribution in [3.8, 4) is 0 Å². The van der Waals surface area contributed by atoms with Crippen molar-refractivity contribution in [2.45, 2.75) is 57.7 Å². The van der Waals surface area contributed by atoms with Crippen molar-refractivity contribution in [1.82, 2.24) is 9.97 Å². The Bertz CT molecular complexity index is 623. The van der Waals surface area contributed by atoms with E-state index in [0.717, 1.165) is 25.7 Å². The van der Waals surface area contributed by atoms with Crippen LogP contribution in [0.1, 0.15) is 45.1 Å².